The quantitative estimate of drug-likeness (QED) is 0.720. The summed E-state index contributed by atoms with van der Waals surface area (Å²) in [4.78, 5) is 0. The fourth-order valence-electron chi connectivity index (χ4n) is 2.89. The second kappa shape index (κ2) is 5.67. The minimum atomic E-state index is 0.0727. The van der Waals surface area contributed by atoms with Crippen LogP contribution in [0, 0.1) is 0 Å². The summed E-state index contributed by atoms with van der Waals surface area (Å²) >= 11 is 0. The Morgan fingerprint density at radius 2 is 1.56 bits per heavy atom. The maximum atomic E-state index is 2.33. The average molecular weight is 254 g/mol. The lowest BCUT2D eigenvalue weighted by molar-refractivity contribution is 0.774. The van der Waals surface area contributed by atoms with Crippen molar-refractivity contribution < 1.29 is 0 Å². The van der Waals surface area contributed by atoms with E-state index in [9.17, 15) is 0 Å². The zero-order chi connectivity index (χ0) is 12.2. The minimum absolute atomic E-state index is 0.0727. The molecular formula is C17H19P. The van der Waals surface area contributed by atoms with Gasteiger partial charge in [-0.25, -0.2) is 0 Å². The molecule has 0 radical (unpaired) electrons. The van der Waals surface area contributed by atoms with Crippen molar-refractivity contribution in [2.45, 2.75) is 24.9 Å². The van der Waals surface area contributed by atoms with Gasteiger partial charge in [0.25, 0.3) is 0 Å². The Morgan fingerprint density at radius 1 is 0.889 bits per heavy atom. The van der Waals surface area contributed by atoms with Gasteiger partial charge in [-0.2, -0.15) is 0 Å². The van der Waals surface area contributed by atoms with Crippen molar-refractivity contribution in [1.82, 2.24) is 0 Å². The molecule has 92 valence electrons. The molecule has 0 spiro atoms. The van der Waals surface area contributed by atoms with Gasteiger partial charge in [0, 0.05) is 0 Å². The van der Waals surface area contributed by atoms with Crippen molar-refractivity contribution in [1.29, 1.82) is 0 Å². The summed E-state index contributed by atoms with van der Waals surface area (Å²) in [6.07, 6.45) is 5.52. The summed E-state index contributed by atoms with van der Waals surface area (Å²) in [5.74, 6) is 0. The smallest absolute Gasteiger partial charge is 0.0128 e. The Bertz CT molecular complexity index is 477. The molecule has 0 bridgehead atoms. The van der Waals surface area contributed by atoms with Gasteiger partial charge in [0.05, 0.1) is 0 Å². The summed E-state index contributed by atoms with van der Waals surface area (Å²) in [6, 6.07) is 22.1. The fraction of sp³-hybridized carbons (Fsp3) is 0.294. The van der Waals surface area contributed by atoms with Crippen LogP contribution in [0.3, 0.4) is 0 Å². The molecule has 18 heavy (non-hydrogen) atoms. The van der Waals surface area contributed by atoms with Gasteiger partial charge in [-0.3, -0.25) is 0 Å². The number of rotatable bonds is 3. The third kappa shape index (κ3) is 2.65. The third-order valence-electron chi connectivity index (χ3n) is 3.78. The predicted octanol–water partition coefficient (Wildman–Crippen LogP) is 4.20. The SMILES string of the molecule is c1ccc(C[C@H]2CCCP2c2ccccc2)cc1. The minimum Gasteiger partial charge on any atom is -0.0718 e. The van der Waals surface area contributed by atoms with Crippen molar-refractivity contribution in [2.75, 3.05) is 6.16 Å². The van der Waals surface area contributed by atoms with E-state index >= 15 is 0 Å². The molecular weight excluding hydrogens is 235 g/mol. The van der Waals surface area contributed by atoms with E-state index in [4.69, 9.17) is 0 Å². The second-order valence-corrected chi connectivity index (χ2v) is 7.65. The molecule has 1 heteroatoms. The van der Waals surface area contributed by atoms with E-state index in [0.717, 1.165) is 5.66 Å². The highest BCUT2D eigenvalue weighted by Gasteiger charge is 2.27. The van der Waals surface area contributed by atoms with Crippen LogP contribution in [0.5, 0.6) is 0 Å². The molecule has 0 N–H and O–H groups in total. The molecule has 0 amide bonds. The van der Waals surface area contributed by atoms with Gasteiger partial charge in [0.15, 0.2) is 0 Å². The van der Waals surface area contributed by atoms with Crippen LogP contribution < -0.4 is 5.30 Å². The van der Waals surface area contributed by atoms with Crippen LogP contribution in [0.4, 0.5) is 0 Å². The van der Waals surface area contributed by atoms with E-state index in [1.54, 1.807) is 5.30 Å². The average Bonchev–Trinajstić information content (AvgIpc) is 2.89. The summed E-state index contributed by atoms with van der Waals surface area (Å²) in [5, 5.41) is 1.60. The van der Waals surface area contributed by atoms with Crippen molar-refractivity contribution in [3.05, 3.63) is 66.2 Å². The molecule has 2 aromatic carbocycles. The summed E-state index contributed by atoms with van der Waals surface area (Å²) < 4.78 is 0. The highest BCUT2D eigenvalue weighted by molar-refractivity contribution is 7.66. The van der Waals surface area contributed by atoms with Gasteiger partial charge in [-0.05, 0) is 42.0 Å². The largest absolute Gasteiger partial charge is 0.0718 e. The van der Waals surface area contributed by atoms with Crippen LogP contribution in [-0.2, 0) is 6.42 Å². The highest BCUT2D eigenvalue weighted by Crippen LogP contribution is 2.50. The molecule has 3 rings (SSSR count). The Balaban J connectivity index is 1.76. The Morgan fingerprint density at radius 3 is 2.28 bits per heavy atom. The molecule has 2 atom stereocenters. The van der Waals surface area contributed by atoms with Crippen LogP contribution in [-0.4, -0.2) is 11.8 Å². The summed E-state index contributed by atoms with van der Waals surface area (Å²) in [7, 11) is 0.0727. The number of hydrogen-bond donors (Lipinski definition) is 0. The number of benzene rings is 2. The lowest BCUT2D eigenvalue weighted by Gasteiger charge is -2.20. The van der Waals surface area contributed by atoms with Crippen LogP contribution in [0.15, 0.2) is 60.7 Å². The molecule has 1 heterocycles. The van der Waals surface area contributed by atoms with Crippen LogP contribution >= 0.6 is 7.92 Å². The van der Waals surface area contributed by atoms with Crippen molar-refractivity contribution in [3.63, 3.8) is 0 Å². The molecule has 1 fully saturated rings. The van der Waals surface area contributed by atoms with E-state index < -0.39 is 0 Å². The first kappa shape index (κ1) is 11.9. The lowest BCUT2D eigenvalue weighted by Crippen LogP contribution is -2.12. The lowest BCUT2D eigenvalue weighted by atomic mass is 10.1. The standard InChI is InChI=1S/C17H19P/c1-3-8-15(9-4-1)14-17-12-7-13-18(17)16-10-5-2-6-11-16/h1-6,8-11,17H,7,12-14H2/t17-,18?/m1/s1. The van der Waals surface area contributed by atoms with Crippen molar-refractivity contribution in [2.24, 2.45) is 0 Å². The van der Waals surface area contributed by atoms with Gasteiger partial charge in [-0.1, -0.05) is 68.6 Å². The van der Waals surface area contributed by atoms with E-state index in [0.29, 0.717) is 0 Å². The maximum absolute atomic E-state index is 2.33. The zero-order valence-corrected chi connectivity index (χ0v) is 11.5. The molecule has 1 unspecified atom stereocenters. The van der Waals surface area contributed by atoms with Crippen LogP contribution in [0.25, 0.3) is 0 Å². The summed E-state index contributed by atoms with van der Waals surface area (Å²) in [6.45, 7) is 0. The van der Waals surface area contributed by atoms with Gasteiger partial charge < -0.3 is 0 Å². The molecule has 0 aliphatic carbocycles. The Kier molecular flexibility index (Phi) is 3.76. The first-order valence-corrected chi connectivity index (χ1v) is 8.39. The van der Waals surface area contributed by atoms with Crippen molar-refractivity contribution in [3.8, 4) is 0 Å². The first-order valence-electron chi connectivity index (χ1n) is 6.79. The number of hydrogen-bond acceptors (Lipinski definition) is 0. The maximum Gasteiger partial charge on any atom is -0.0128 e. The topological polar surface area (TPSA) is 0 Å². The van der Waals surface area contributed by atoms with Gasteiger partial charge in [0.2, 0.25) is 0 Å². The van der Waals surface area contributed by atoms with E-state index in [1.807, 2.05) is 0 Å². The summed E-state index contributed by atoms with van der Waals surface area (Å²) in [5.41, 5.74) is 2.40. The Hall–Kier alpha value is -1.13. The van der Waals surface area contributed by atoms with Gasteiger partial charge >= 0.3 is 0 Å². The molecule has 2 aromatic rings. The normalized spacial score (nSPS) is 23.1. The first-order chi connectivity index (χ1) is 8.93. The van der Waals surface area contributed by atoms with Crippen LogP contribution in [0.1, 0.15) is 18.4 Å². The van der Waals surface area contributed by atoms with E-state index in [-0.39, 0.29) is 7.92 Å². The highest BCUT2D eigenvalue weighted by atomic mass is 31.1. The molecule has 1 aliphatic heterocycles. The molecule has 0 aromatic heterocycles. The third-order valence-corrected chi connectivity index (χ3v) is 6.86. The molecule has 1 saturated heterocycles. The molecule has 0 saturated carbocycles. The van der Waals surface area contributed by atoms with Crippen molar-refractivity contribution >= 4 is 13.2 Å². The monoisotopic (exact) mass is 254 g/mol. The van der Waals surface area contributed by atoms with Gasteiger partial charge in [0.1, 0.15) is 0 Å². The fourth-order valence-corrected chi connectivity index (χ4v) is 5.94. The predicted molar refractivity (Wildman–Crippen MR) is 81.0 cm³/mol. The van der Waals surface area contributed by atoms with Crippen LogP contribution in [0.2, 0.25) is 0 Å². The molecule has 1 aliphatic rings. The van der Waals surface area contributed by atoms with Gasteiger partial charge in [-0.15, -0.1) is 0 Å². The molecule has 0 nitrogen and oxygen atoms in total. The Labute approximate surface area is 111 Å². The zero-order valence-electron chi connectivity index (χ0n) is 10.6. The second-order valence-electron chi connectivity index (χ2n) is 5.01. The van der Waals surface area contributed by atoms with E-state index in [1.165, 1.54) is 31.0 Å². The van der Waals surface area contributed by atoms with E-state index in [2.05, 4.69) is 60.7 Å².